The lowest BCUT2D eigenvalue weighted by Gasteiger charge is -2.33. The van der Waals surface area contributed by atoms with Crippen LogP contribution in [0.15, 0.2) is 78.9 Å². The molecular weight excluding hydrogens is 498 g/mol. The molecule has 2 N–H and O–H groups in total. The minimum absolute atomic E-state index is 0.174. The molecule has 1 heterocycles. The molecule has 9 heteroatoms. The zero-order valence-electron chi connectivity index (χ0n) is 21.9. The number of ether oxygens (including phenoxy) is 2. The van der Waals surface area contributed by atoms with E-state index in [4.69, 9.17) is 4.74 Å². The van der Waals surface area contributed by atoms with Crippen molar-refractivity contribution in [3.8, 4) is 0 Å². The molecular formula is C30H33N3O6. The fourth-order valence-electron chi connectivity index (χ4n) is 4.58. The van der Waals surface area contributed by atoms with Gasteiger partial charge >= 0.3 is 12.1 Å². The predicted molar refractivity (Wildman–Crippen MR) is 147 cm³/mol. The molecule has 0 radical (unpaired) electrons. The Balaban J connectivity index is 1.18. The number of carbonyl (C=O) groups is 3. The molecule has 1 saturated heterocycles. The normalized spacial score (nSPS) is 14.3. The minimum Gasteiger partial charge on any atom is -0.466 e. The largest absolute Gasteiger partial charge is 0.466 e. The number of rotatable bonds is 9. The third-order valence-corrected chi connectivity index (χ3v) is 6.78. The van der Waals surface area contributed by atoms with E-state index in [1.165, 1.54) is 7.11 Å². The van der Waals surface area contributed by atoms with Crippen molar-refractivity contribution in [2.75, 3.05) is 32.1 Å². The third kappa shape index (κ3) is 8.13. The van der Waals surface area contributed by atoms with Crippen LogP contribution in [0.1, 0.15) is 24.0 Å². The maximum atomic E-state index is 12.4. The van der Waals surface area contributed by atoms with Crippen LogP contribution < -0.4 is 5.32 Å². The van der Waals surface area contributed by atoms with Gasteiger partial charge in [0.15, 0.2) is 0 Å². The lowest BCUT2D eigenvalue weighted by Crippen LogP contribution is -2.39. The standard InChI is InChI=1S/C30H33N3O6/c1-38-29(35)14-13-28(34)33(37)20-23-15-17-32(18-16-23)19-22-9-11-24(12-10-22)21-39-30(36)31-27-8-4-6-25-5-2-3-7-26(25)27/h2-14,23,37H,15-21H2,1H3,(H,31,36)/b14-13+. The Hall–Kier alpha value is -4.21. The first kappa shape index (κ1) is 27.8. The van der Waals surface area contributed by atoms with E-state index in [-0.39, 0.29) is 19.1 Å². The summed E-state index contributed by atoms with van der Waals surface area (Å²) in [5.74, 6) is -1.10. The summed E-state index contributed by atoms with van der Waals surface area (Å²) in [5, 5.41) is 15.5. The first-order valence-electron chi connectivity index (χ1n) is 12.9. The number of hydrogen-bond donors (Lipinski definition) is 2. The highest BCUT2D eigenvalue weighted by Crippen LogP contribution is 2.23. The number of esters is 1. The van der Waals surface area contributed by atoms with Crippen LogP contribution in [-0.2, 0) is 32.2 Å². The van der Waals surface area contributed by atoms with Gasteiger partial charge in [-0.1, -0.05) is 60.7 Å². The topological polar surface area (TPSA) is 108 Å². The number of fused-ring (bicyclic) bond motifs is 1. The van der Waals surface area contributed by atoms with E-state index in [0.717, 1.165) is 66.5 Å². The van der Waals surface area contributed by atoms with Crippen LogP contribution in [0.4, 0.5) is 10.5 Å². The molecule has 4 rings (SSSR count). The van der Waals surface area contributed by atoms with Gasteiger partial charge in [0.05, 0.1) is 19.3 Å². The van der Waals surface area contributed by atoms with Crippen LogP contribution in [0.5, 0.6) is 0 Å². The van der Waals surface area contributed by atoms with Gasteiger partial charge in [-0.05, 0) is 54.4 Å². The Morgan fingerprint density at radius 2 is 1.67 bits per heavy atom. The predicted octanol–water partition coefficient (Wildman–Crippen LogP) is 4.75. The van der Waals surface area contributed by atoms with Crippen LogP contribution in [0.3, 0.4) is 0 Å². The summed E-state index contributed by atoms with van der Waals surface area (Å²) in [6.45, 7) is 2.89. The first-order valence-corrected chi connectivity index (χ1v) is 12.9. The van der Waals surface area contributed by atoms with Crippen molar-refractivity contribution < 1.29 is 29.1 Å². The summed E-state index contributed by atoms with van der Waals surface area (Å²) >= 11 is 0. The molecule has 0 aliphatic carbocycles. The van der Waals surface area contributed by atoms with Crippen molar-refractivity contribution in [1.29, 1.82) is 0 Å². The molecule has 39 heavy (non-hydrogen) atoms. The monoisotopic (exact) mass is 531 g/mol. The van der Waals surface area contributed by atoms with Crippen LogP contribution >= 0.6 is 0 Å². The number of amides is 2. The number of hydroxylamine groups is 2. The van der Waals surface area contributed by atoms with Crippen molar-refractivity contribution in [2.45, 2.75) is 26.0 Å². The maximum Gasteiger partial charge on any atom is 0.411 e. The average molecular weight is 532 g/mol. The van der Waals surface area contributed by atoms with Gasteiger partial charge in [0, 0.05) is 24.1 Å². The highest BCUT2D eigenvalue weighted by atomic mass is 16.5. The number of nitrogens with zero attached hydrogens (tertiary/aromatic N) is 2. The van der Waals surface area contributed by atoms with Crippen molar-refractivity contribution >= 4 is 34.4 Å². The number of nitrogens with one attached hydrogen (secondary N) is 1. The number of carbonyl (C=O) groups excluding carboxylic acids is 3. The van der Waals surface area contributed by atoms with Crippen molar-refractivity contribution in [2.24, 2.45) is 5.92 Å². The molecule has 1 aliphatic heterocycles. The van der Waals surface area contributed by atoms with Crippen LogP contribution in [-0.4, -0.2) is 59.9 Å². The van der Waals surface area contributed by atoms with Gasteiger partial charge < -0.3 is 9.47 Å². The molecule has 0 aromatic heterocycles. The fourth-order valence-corrected chi connectivity index (χ4v) is 4.58. The molecule has 0 atom stereocenters. The second-order valence-corrected chi connectivity index (χ2v) is 9.54. The Bertz CT molecular complexity index is 1310. The Morgan fingerprint density at radius 1 is 0.974 bits per heavy atom. The highest BCUT2D eigenvalue weighted by molar-refractivity contribution is 6.00. The number of likely N-dealkylation sites (tertiary alicyclic amines) is 1. The molecule has 0 spiro atoms. The van der Waals surface area contributed by atoms with Gasteiger partial charge in [-0.25, -0.2) is 14.7 Å². The van der Waals surface area contributed by atoms with Gasteiger partial charge in [-0.2, -0.15) is 0 Å². The second-order valence-electron chi connectivity index (χ2n) is 9.54. The van der Waals surface area contributed by atoms with E-state index in [1.807, 2.05) is 66.7 Å². The quantitative estimate of drug-likeness (QED) is 0.178. The van der Waals surface area contributed by atoms with E-state index < -0.39 is 18.0 Å². The molecule has 3 aromatic rings. The summed E-state index contributed by atoms with van der Waals surface area (Å²) in [4.78, 5) is 37.7. The van der Waals surface area contributed by atoms with Gasteiger partial charge in [0.2, 0.25) is 0 Å². The number of methoxy groups -OCH3 is 1. The SMILES string of the molecule is COC(=O)/C=C/C(=O)N(O)CC1CCN(Cc2ccc(COC(=O)Nc3cccc4ccccc34)cc2)CC1. The van der Waals surface area contributed by atoms with Crippen molar-refractivity contribution in [1.82, 2.24) is 9.96 Å². The summed E-state index contributed by atoms with van der Waals surface area (Å²) in [6, 6.07) is 21.6. The van der Waals surface area contributed by atoms with Crippen LogP contribution in [0.2, 0.25) is 0 Å². The van der Waals surface area contributed by atoms with Crippen molar-refractivity contribution in [3.63, 3.8) is 0 Å². The zero-order valence-corrected chi connectivity index (χ0v) is 21.9. The summed E-state index contributed by atoms with van der Waals surface area (Å²) in [7, 11) is 1.22. The van der Waals surface area contributed by atoms with Crippen molar-refractivity contribution in [3.05, 3.63) is 90.0 Å². The number of anilines is 1. The third-order valence-electron chi connectivity index (χ3n) is 6.78. The maximum absolute atomic E-state index is 12.4. The summed E-state index contributed by atoms with van der Waals surface area (Å²) in [6.07, 6.45) is 3.20. The van der Waals surface area contributed by atoms with E-state index in [2.05, 4.69) is 15.0 Å². The van der Waals surface area contributed by atoms with Crippen LogP contribution in [0.25, 0.3) is 10.8 Å². The molecule has 1 fully saturated rings. The number of benzene rings is 3. The molecule has 3 aromatic carbocycles. The highest BCUT2D eigenvalue weighted by Gasteiger charge is 2.22. The average Bonchev–Trinajstić information content (AvgIpc) is 2.96. The van der Waals surface area contributed by atoms with Crippen LogP contribution in [0, 0.1) is 5.92 Å². The minimum atomic E-state index is -0.645. The summed E-state index contributed by atoms with van der Waals surface area (Å²) < 4.78 is 9.87. The molecule has 204 valence electrons. The fraction of sp³-hybridized carbons (Fsp3) is 0.300. The van der Waals surface area contributed by atoms with E-state index in [1.54, 1.807) is 0 Å². The van der Waals surface area contributed by atoms with E-state index >= 15 is 0 Å². The van der Waals surface area contributed by atoms with Gasteiger partial charge in [0.25, 0.3) is 5.91 Å². The van der Waals surface area contributed by atoms with Gasteiger partial charge in [-0.3, -0.25) is 20.2 Å². The zero-order chi connectivity index (χ0) is 27.6. The number of piperidine rings is 1. The molecule has 9 nitrogen and oxygen atoms in total. The molecule has 1 aliphatic rings. The molecule has 0 bridgehead atoms. The van der Waals surface area contributed by atoms with E-state index in [9.17, 15) is 19.6 Å². The number of hydrogen-bond acceptors (Lipinski definition) is 7. The first-order chi connectivity index (χ1) is 18.9. The van der Waals surface area contributed by atoms with Gasteiger partial charge in [0.1, 0.15) is 6.61 Å². The second kappa shape index (κ2) is 13.5. The lowest BCUT2D eigenvalue weighted by molar-refractivity contribution is -0.163. The van der Waals surface area contributed by atoms with E-state index in [0.29, 0.717) is 10.8 Å². The molecule has 2 amide bonds. The Morgan fingerprint density at radius 3 is 2.41 bits per heavy atom. The Labute approximate surface area is 227 Å². The summed E-state index contributed by atoms with van der Waals surface area (Å²) in [5.41, 5.74) is 2.77. The molecule has 0 saturated carbocycles. The smallest absolute Gasteiger partial charge is 0.411 e. The lowest BCUT2D eigenvalue weighted by atomic mass is 9.96. The molecule has 0 unspecified atom stereocenters. The van der Waals surface area contributed by atoms with Gasteiger partial charge in [-0.15, -0.1) is 0 Å². The Kier molecular flexibility index (Phi) is 9.66.